The molecule has 2 aromatic carbocycles. The standard InChI is InChI=1S/C19H17BrN2O4/c1-19-10-15(14-9-11(17(23)25-2)3-8-16(14)26-19)21-18(24)22(19)13-6-4-12(20)5-7-13/h3-9,15H,10H2,1-2H3,(H,21,24)/t15-,19-/m0/s1. The number of rotatable bonds is 2. The van der Waals surface area contributed by atoms with Crippen LogP contribution in [0, 0.1) is 0 Å². The lowest BCUT2D eigenvalue weighted by Crippen LogP contribution is -2.65. The van der Waals surface area contributed by atoms with Crippen molar-refractivity contribution in [2.45, 2.75) is 25.1 Å². The molecule has 1 N–H and O–H groups in total. The zero-order valence-electron chi connectivity index (χ0n) is 14.3. The number of anilines is 1. The van der Waals surface area contributed by atoms with Gasteiger partial charge in [-0.25, -0.2) is 9.59 Å². The molecule has 2 bridgehead atoms. The summed E-state index contributed by atoms with van der Waals surface area (Å²) in [4.78, 5) is 26.2. The summed E-state index contributed by atoms with van der Waals surface area (Å²) in [5.41, 5.74) is 1.15. The fourth-order valence-corrected chi connectivity index (χ4v) is 3.86. The van der Waals surface area contributed by atoms with Crippen molar-refractivity contribution in [2.75, 3.05) is 12.0 Å². The SMILES string of the molecule is COC(=O)c1ccc2c(c1)[C@@H]1C[C@](C)(O2)N(c2ccc(Br)cc2)C(=O)N1. The molecule has 0 radical (unpaired) electrons. The van der Waals surface area contributed by atoms with Crippen molar-refractivity contribution in [1.29, 1.82) is 0 Å². The second kappa shape index (κ2) is 6.02. The van der Waals surface area contributed by atoms with Gasteiger partial charge in [0.15, 0.2) is 5.72 Å². The third-order valence-electron chi connectivity index (χ3n) is 4.78. The number of benzene rings is 2. The molecule has 2 aromatic rings. The number of hydrogen-bond donors (Lipinski definition) is 1. The molecule has 0 aromatic heterocycles. The lowest BCUT2D eigenvalue weighted by Gasteiger charge is -2.50. The van der Waals surface area contributed by atoms with Gasteiger partial charge in [0, 0.05) is 22.1 Å². The molecule has 0 saturated carbocycles. The Labute approximate surface area is 159 Å². The second-order valence-corrected chi connectivity index (χ2v) is 7.45. The molecule has 2 heterocycles. The number of nitrogens with one attached hydrogen (secondary N) is 1. The Balaban J connectivity index is 1.75. The molecule has 26 heavy (non-hydrogen) atoms. The minimum absolute atomic E-state index is 0.229. The molecule has 0 unspecified atom stereocenters. The summed E-state index contributed by atoms with van der Waals surface area (Å²) in [5.74, 6) is 0.235. The number of fused-ring (bicyclic) bond motifs is 4. The first-order valence-corrected chi connectivity index (χ1v) is 8.98. The Hall–Kier alpha value is -2.54. The van der Waals surface area contributed by atoms with Crippen molar-refractivity contribution in [3.63, 3.8) is 0 Å². The van der Waals surface area contributed by atoms with Crippen molar-refractivity contribution >= 4 is 33.6 Å². The molecule has 134 valence electrons. The number of carbonyl (C=O) groups excluding carboxylic acids is 2. The van der Waals surface area contributed by atoms with E-state index in [1.807, 2.05) is 31.2 Å². The van der Waals surface area contributed by atoms with Crippen LogP contribution in [0.15, 0.2) is 46.9 Å². The molecule has 4 rings (SSSR count). The van der Waals surface area contributed by atoms with E-state index >= 15 is 0 Å². The van der Waals surface area contributed by atoms with E-state index in [1.54, 1.807) is 23.1 Å². The maximum atomic E-state index is 12.8. The van der Waals surface area contributed by atoms with Crippen molar-refractivity contribution in [3.8, 4) is 5.75 Å². The van der Waals surface area contributed by atoms with E-state index in [0.717, 1.165) is 15.7 Å². The molecule has 0 spiro atoms. The maximum absolute atomic E-state index is 12.8. The molecular weight excluding hydrogens is 400 g/mol. The molecule has 2 atom stereocenters. The molecule has 7 heteroatoms. The van der Waals surface area contributed by atoms with Gasteiger partial charge in [-0.05, 0) is 49.4 Å². The highest BCUT2D eigenvalue weighted by atomic mass is 79.9. The summed E-state index contributed by atoms with van der Waals surface area (Å²) in [5, 5.41) is 3.02. The highest BCUT2D eigenvalue weighted by Crippen LogP contribution is 2.45. The molecule has 2 aliphatic heterocycles. The highest BCUT2D eigenvalue weighted by Gasteiger charge is 2.49. The summed E-state index contributed by atoms with van der Waals surface area (Å²) < 4.78 is 11.9. The van der Waals surface area contributed by atoms with Gasteiger partial charge in [0.1, 0.15) is 5.75 Å². The normalized spacial score (nSPS) is 23.6. The van der Waals surface area contributed by atoms with Gasteiger partial charge in [0.25, 0.3) is 0 Å². The van der Waals surface area contributed by atoms with E-state index in [9.17, 15) is 9.59 Å². The van der Waals surface area contributed by atoms with Crippen LogP contribution in [0.25, 0.3) is 0 Å². The molecule has 1 saturated heterocycles. The maximum Gasteiger partial charge on any atom is 0.337 e. The highest BCUT2D eigenvalue weighted by molar-refractivity contribution is 9.10. The zero-order valence-corrected chi connectivity index (χ0v) is 15.9. The average Bonchev–Trinajstić information content (AvgIpc) is 2.61. The van der Waals surface area contributed by atoms with Crippen molar-refractivity contribution in [3.05, 3.63) is 58.1 Å². The number of nitrogens with zero attached hydrogens (tertiary/aromatic N) is 1. The molecule has 1 fully saturated rings. The lowest BCUT2D eigenvalue weighted by molar-refractivity contribution is 0.0377. The van der Waals surface area contributed by atoms with Gasteiger partial charge in [0.2, 0.25) is 0 Å². The molecule has 2 amide bonds. The predicted octanol–water partition coefficient (Wildman–Crippen LogP) is 4.01. The Bertz CT molecular complexity index is 899. The number of esters is 1. The van der Waals surface area contributed by atoms with Gasteiger partial charge in [-0.1, -0.05) is 15.9 Å². The fourth-order valence-electron chi connectivity index (χ4n) is 3.60. The predicted molar refractivity (Wildman–Crippen MR) is 99.3 cm³/mol. The lowest BCUT2D eigenvalue weighted by atomic mass is 9.89. The van der Waals surface area contributed by atoms with E-state index in [-0.39, 0.29) is 12.1 Å². The first kappa shape index (κ1) is 16.9. The molecule has 6 nitrogen and oxygen atoms in total. The van der Waals surface area contributed by atoms with Crippen LogP contribution >= 0.6 is 15.9 Å². The average molecular weight is 417 g/mol. The van der Waals surface area contributed by atoms with Crippen LogP contribution in [-0.4, -0.2) is 24.8 Å². The third-order valence-corrected chi connectivity index (χ3v) is 5.31. The van der Waals surface area contributed by atoms with Crippen LogP contribution in [0.5, 0.6) is 5.75 Å². The van der Waals surface area contributed by atoms with Crippen LogP contribution < -0.4 is 15.0 Å². The number of methoxy groups -OCH3 is 1. The minimum Gasteiger partial charge on any atom is -0.467 e. The largest absolute Gasteiger partial charge is 0.467 e. The summed E-state index contributed by atoms with van der Waals surface area (Å²) in [7, 11) is 1.34. The van der Waals surface area contributed by atoms with Crippen LogP contribution in [0.1, 0.15) is 35.3 Å². The Morgan fingerprint density at radius 2 is 2.04 bits per heavy atom. The van der Waals surface area contributed by atoms with Crippen molar-refractivity contribution in [1.82, 2.24) is 5.32 Å². The monoisotopic (exact) mass is 416 g/mol. The van der Waals surface area contributed by atoms with Gasteiger partial charge in [0.05, 0.1) is 18.7 Å². The number of urea groups is 1. The second-order valence-electron chi connectivity index (χ2n) is 6.54. The minimum atomic E-state index is -0.819. The number of amides is 2. The van der Waals surface area contributed by atoms with Crippen molar-refractivity contribution in [2.24, 2.45) is 0 Å². The molecule has 0 aliphatic carbocycles. The van der Waals surface area contributed by atoms with Gasteiger partial charge in [-0.3, -0.25) is 4.90 Å². The smallest absolute Gasteiger partial charge is 0.337 e. The van der Waals surface area contributed by atoms with Gasteiger partial charge in [-0.15, -0.1) is 0 Å². The van der Waals surface area contributed by atoms with Crippen LogP contribution in [0.4, 0.5) is 10.5 Å². The number of ether oxygens (including phenoxy) is 2. The fraction of sp³-hybridized carbons (Fsp3) is 0.263. The van der Waals surface area contributed by atoms with Gasteiger partial charge >= 0.3 is 12.0 Å². The van der Waals surface area contributed by atoms with Crippen molar-refractivity contribution < 1.29 is 19.1 Å². The zero-order chi connectivity index (χ0) is 18.5. The summed E-state index contributed by atoms with van der Waals surface area (Å²) in [6.45, 7) is 1.90. The van der Waals surface area contributed by atoms with Crippen LogP contribution in [-0.2, 0) is 4.74 Å². The Morgan fingerprint density at radius 3 is 2.73 bits per heavy atom. The Morgan fingerprint density at radius 1 is 1.31 bits per heavy atom. The third kappa shape index (κ3) is 2.63. The van der Waals surface area contributed by atoms with Gasteiger partial charge in [-0.2, -0.15) is 0 Å². The van der Waals surface area contributed by atoms with E-state index < -0.39 is 11.7 Å². The van der Waals surface area contributed by atoms with E-state index in [4.69, 9.17) is 9.47 Å². The summed E-state index contributed by atoms with van der Waals surface area (Å²) in [6, 6.07) is 12.2. The van der Waals surface area contributed by atoms with Gasteiger partial charge < -0.3 is 14.8 Å². The number of halogens is 1. The van der Waals surface area contributed by atoms with E-state index in [0.29, 0.717) is 17.7 Å². The van der Waals surface area contributed by atoms with Crippen LogP contribution in [0.2, 0.25) is 0 Å². The number of hydrogen-bond acceptors (Lipinski definition) is 4. The first-order chi connectivity index (χ1) is 12.4. The Kier molecular flexibility index (Phi) is 3.91. The number of carbonyl (C=O) groups is 2. The summed E-state index contributed by atoms with van der Waals surface area (Å²) >= 11 is 3.41. The quantitative estimate of drug-likeness (QED) is 0.751. The van der Waals surface area contributed by atoms with Crippen LogP contribution in [0.3, 0.4) is 0 Å². The molecule has 2 aliphatic rings. The topological polar surface area (TPSA) is 67.9 Å². The van der Waals surface area contributed by atoms with E-state index in [1.165, 1.54) is 7.11 Å². The summed E-state index contributed by atoms with van der Waals surface area (Å²) in [6.07, 6.45) is 0.562. The molecular formula is C19H17BrN2O4. The van der Waals surface area contributed by atoms with E-state index in [2.05, 4.69) is 21.2 Å². The first-order valence-electron chi connectivity index (χ1n) is 8.19.